The van der Waals surface area contributed by atoms with Gasteiger partial charge in [0.15, 0.2) is 5.58 Å². The maximum atomic E-state index is 12.4. The van der Waals surface area contributed by atoms with Crippen molar-refractivity contribution >= 4 is 40.4 Å². The smallest absolute Gasteiger partial charge is 0.257 e. The molecule has 1 aromatic carbocycles. The fourth-order valence-corrected chi connectivity index (χ4v) is 2.32. The third kappa shape index (κ3) is 4.75. The van der Waals surface area contributed by atoms with Crippen molar-refractivity contribution < 1.29 is 13.6 Å². The molecule has 0 bridgehead atoms. The molecule has 0 fully saturated rings. The molecule has 0 radical (unpaired) electrons. The first-order valence-corrected chi connectivity index (χ1v) is 7.50. The van der Waals surface area contributed by atoms with Crippen LogP contribution in [0, 0.1) is 0 Å². The van der Waals surface area contributed by atoms with Crippen LogP contribution in [0.3, 0.4) is 0 Å². The highest BCUT2D eigenvalue weighted by Crippen LogP contribution is 2.25. The molecule has 0 saturated heterocycles. The number of aromatic nitrogens is 1. The number of thioether (sulfide) groups is 1. The Labute approximate surface area is 135 Å². The normalized spacial score (nSPS) is 11.0. The molecule has 1 N–H and O–H groups in total. The molecule has 1 amide bonds. The van der Waals surface area contributed by atoms with E-state index in [1.165, 1.54) is 6.08 Å². The molecule has 0 aliphatic heterocycles. The van der Waals surface area contributed by atoms with Crippen molar-refractivity contribution in [3.63, 3.8) is 0 Å². The number of rotatable bonds is 6. The summed E-state index contributed by atoms with van der Waals surface area (Å²) < 4.78 is 17.9. The molecule has 0 unspecified atom stereocenters. The number of oxazole rings is 1. The molecule has 2 aromatic rings. The number of amides is 1. The zero-order valence-electron chi connectivity index (χ0n) is 11.4. The predicted octanol–water partition coefficient (Wildman–Crippen LogP) is 4.24. The number of halogens is 2. The molecule has 22 heavy (non-hydrogen) atoms. The van der Waals surface area contributed by atoms with Crippen LogP contribution in [0.5, 0.6) is 0 Å². The number of allylic oxidation sites excluding steroid dienone is 3. The molecule has 4 nitrogen and oxygen atoms in total. The SMILES string of the molecule is C=C(F)/C=C\C(=C)NC(=O)CSc1nc2cc(Cl)ccc2o1. The zero-order valence-corrected chi connectivity index (χ0v) is 13.0. The van der Waals surface area contributed by atoms with Gasteiger partial charge in [0, 0.05) is 10.7 Å². The van der Waals surface area contributed by atoms with E-state index in [1.807, 2.05) is 0 Å². The summed E-state index contributed by atoms with van der Waals surface area (Å²) >= 11 is 7.00. The molecule has 1 heterocycles. The Morgan fingerprint density at radius 3 is 2.95 bits per heavy atom. The van der Waals surface area contributed by atoms with Crippen LogP contribution in [0.25, 0.3) is 11.1 Å². The first kappa shape index (κ1) is 16.3. The standard InChI is InChI=1S/C15H12ClFN2O2S/c1-9(17)3-4-10(2)18-14(20)8-22-15-19-12-7-11(16)5-6-13(12)21-15/h3-7H,1-2,8H2,(H,18,20)/b4-3-. The van der Waals surface area contributed by atoms with E-state index in [0.29, 0.717) is 21.3 Å². The minimum absolute atomic E-state index is 0.0873. The topological polar surface area (TPSA) is 55.1 Å². The summed E-state index contributed by atoms with van der Waals surface area (Å²) in [5, 5.41) is 3.44. The van der Waals surface area contributed by atoms with Gasteiger partial charge in [-0.3, -0.25) is 4.79 Å². The lowest BCUT2D eigenvalue weighted by molar-refractivity contribution is -0.117. The second-order valence-electron chi connectivity index (χ2n) is 4.23. The summed E-state index contributed by atoms with van der Waals surface area (Å²) in [7, 11) is 0. The van der Waals surface area contributed by atoms with Crippen LogP contribution < -0.4 is 5.32 Å². The quantitative estimate of drug-likeness (QED) is 0.632. The van der Waals surface area contributed by atoms with E-state index >= 15 is 0 Å². The molecule has 0 aliphatic rings. The summed E-state index contributed by atoms with van der Waals surface area (Å²) in [4.78, 5) is 15.9. The molecular formula is C15H12ClFN2O2S. The van der Waals surface area contributed by atoms with Gasteiger partial charge in [-0.05, 0) is 30.4 Å². The molecule has 0 saturated carbocycles. The van der Waals surface area contributed by atoms with Crippen molar-refractivity contribution in [1.82, 2.24) is 10.3 Å². The summed E-state index contributed by atoms with van der Waals surface area (Å²) in [6.45, 7) is 6.64. The predicted molar refractivity (Wildman–Crippen MR) is 86.4 cm³/mol. The summed E-state index contributed by atoms with van der Waals surface area (Å²) in [6, 6.07) is 5.09. The van der Waals surface area contributed by atoms with Crippen LogP contribution in [0.4, 0.5) is 4.39 Å². The Morgan fingerprint density at radius 2 is 2.23 bits per heavy atom. The average molecular weight is 339 g/mol. The van der Waals surface area contributed by atoms with E-state index in [-0.39, 0.29) is 17.4 Å². The highest BCUT2D eigenvalue weighted by Gasteiger charge is 2.09. The number of carbonyl (C=O) groups excluding carboxylic acids is 1. The lowest BCUT2D eigenvalue weighted by Gasteiger charge is -2.02. The van der Waals surface area contributed by atoms with Gasteiger partial charge in [-0.1, -0.05) is 36.5 Å². The van der Waals surface area contributed by atoms with Crippen LogP contribution >= 0.6 is 23.4 Å². The van der Waals surface area contributed by atoms with Gasteiger partial charge in [0.1, 0.15) is 11.3 Å². The molecular weight excluding hydrogens is 327 g/mol. The van der Waals surface area contributed by atoms with Gasteiger partial charge in [-0.15, -0.1) is 0 Å². The highest BCUT2D eigenvalue weighted by atomic mass is 35.5. The van der Waals surface area contributed by atoms with Crippen molar-refractivity contribution in [3.8, 4) is 0 Å². The minimum atomic E-state index is -0.616. The van der Waals surface area contributed by atoms with E-state index in [9.17, 15) is 9.18 Å². The van der Waals surface area contributed by atoms with Crippen LogP contribution in [0.15, 0.2) is 64.7 Å². The Balaban J connectivity index is 1.89. The van der Waals surface area contributed by atoms with Crippen LogP contribution in [0.2, 0.25) is 5.02 Å². The third-order valence-electron chi connectivity index (χ3n) is 2.42. The lowest BCUT2D eigenvalue weighted by atomic mass is 10.3. The first-order chi connectivity index (χ1) is 10.4. The number of benzene rings is 1. The van der Waals surface area contributed by atoms with Crippen molar-refractivity contribution in [3.05, 3.63) is 60.1 Å². The second-order valence-corrected chi connectivity index (χ2v) is 5.60. The molecule has 114 valence electrons. The number of fused-ring (bicyclic) bond motifs is 1. The van der Waals surface area contributed by atoms with E-state index < -0.39 is 5.83 Å². The second kappa shape index (κ2) is 7.29. The maximum absolute atomic E-state index is 12.4. The largest absolute Gasteiger partial charge is 0.431 e. The molecule has 7 heteroatoms. The number of hydrogen-bond acceptors (Lipinski definition) is 4. The van der Waals surface area contributed by atoms with Gasteiger partial charge >= 0.3 is 0 Å². The Hall–Kier alpha value is -2.05. The highest BCUT2D eigenvalue weighted by molar-refractivity contribution is 7.99. The van der Waals surface area contributed by atoms with Crippen molar-refractivity contribution in [1.29, 1.82) is 0 Å². The first-order valence-electron chi connectivity index (χ1n) is 6.14. The Kier molecular flexibility index (Phi) is 5.41. The van der Waals surface area contributed by atoms with E-state index in [4.69, 9.17) is 16.0 Å². The molecule has 0 aliphatic carbocycles. The van der Waals surface area contributed by atoms with E-state index in [0.717, 1.165) is 17.8 Å². The fourth-order valence-electron chi connectivity index (χ4n) is 1.52. The number of hydrogen-bond donors (Lipinski definition) is 1. The monoisotopic (exact) mass is 338 g/mol. The number of nitrogens with one attached hydrogen (secondary N) is 1. The average Bonchev–Trinajstić information content (AvgIpc) is 2.85. The zero-order chi connectivity index (χ0) is 16.1. The van der Waals surface area contributed by atoms with Crippen LogP contribution in [-0.4, -0.2) is 16.6 Å². The number of carbonyl (C=O) groups is 1. The molecule has 0 atom stereocenters. The van der Waals surface area contributed by atoms with Gasteiger partial charge in [0.05, 0.1) is 5.75 Å². The summed E-state index contributed by atoms with van der Waals surface area (Å²) in [5.41, 5.74) is 1.50. The van der Waals surface area contributed by atoms with Gasteiger partial charge < -0.3 is 9.73 Å². The van der Waals surface area contributed by atoms with Crippen molar-refractivity contribution in [2.24, 2.45) is 0 Å². The maximum Gasteiger partial charge on any atom is 0.257 e. The molecule has 1 aromatic heterocycles. The summed E-state index contributed by atoms with van der Waals surface area (Å²) in [6.07, 6.45) is 2.44. The van der Waals surface area contributed by atoms with Gasteiger partial charge in [0.25, 0.3) is 5.22 Å². The fraction of sp³-hybridized carbons (Fsp3) is 0.0667. The van der Waals surface area contributed by atoms with Gasteiger partial charge in [-0.25, -0.2) is 9.37 Å². The van der Waals surface area contributed by atoms with Gasteiger partial charge in [-0.2, -0.15) is 0 Å². The van der Waals surface area contributed by atoms with Crippen molar-refractivity contribution in [2.45, 2.75) is 5.22 Å². The minimum Gasteiger partial charge on any atom is -0.431 e. The van der Waals surface area contributed by atoms with E-state index in [1.54, 1.807) is 18.2 Å². The van der Waals surface area contributed by atoms with Crippen LogP contribution in [-0.2, 0) is 4.79 Å². The van der Waals surface area contributed by atoms with Crippen molar-refractivity contribution in [2.75, 3.05) is 5.75 Å². The lowest BCUT2D eigenvalue weighted by Crippen LogP contribution is -2.23. The number of nitrogens with zero attached hydrogens (tertiary/aromatic N) is 1. The van der Waals surface area contributed by atoms with Crippen LogP contribution in [0.1, 0.15) is 0 Å². The molecule has 2 rings (SSSR count). The van der Waals surface area contributed by atoms with E-state index in [2.05, 4.69) is 23.5 Å². The Morgan fingerprint density at radius 1 is 1.45 bits per heavy atom. The third-order valence-corrected chi connectivity index (χ3v) is 3.49. The Bertz CT molecular complexity index is 770. The molecule has 0 spiro atoms. The van der Waals surface area contributed by atoms with Gasteiger partial charge in [0.2, 0.25) is 5.91 Å². The summed E-state index contributed by atoms with van der Waals surface area (Å²) in [5.74, 6) is -0.830.